The van der Waals surface area contributed by atoms with Gasteiger partial charge in [-0.05, 0) is 24.3 Å². The van der Waals surface area contributed by atoms with Crippen LogP contribution in [-0.2, 0) is 0 Å². The molecule has 2 rings (SSSR count). The molecule has 0 fully saturated rings. The van der Waals surface area contributed by atoms with Crippen molar-refractivity contribution in [2.24, 2.45) is 0 Å². The van der Waals surface area contributed by atoms with Crippen LogP contribution in [0.5, 0.6) is 5.75 Å². The molecule has 0 spiro atoms. The van der Waals surface area contributed by atoms with Crippen LogP contribution in [0.1, 0.15) is 10.4 Å². The Labute approximate surface area is 136 Å². The molecule has 0 saturated carbocycles. The Morgan fingerprint density at radius 2 is 1.62 bits per heavy atom. The van der Waals surface area contributed by atoms with Gasteiger partial charge in [-0.2, -0.15) is 0 Å². The number of amides is 1. The molecular weight excluding hydrogens is 412 g/mol. The SMILES string of the molecule is COc1cc(Br)cc(NC(=O)c2c(F)cc(Br)cc2F)c1. The lowest BCUT2D eigenvalue weighted by atomic mass is 10.1. The molecule has 0 saturated heterocycles. The van der Waals surface area contributed by atoms with E-state index in [2.05, 4.69) is 37.2 Å². The van der Waals surface area contributed by atoms with E-state index < -0.39 is 23.1 Å². The summed E-state index contributed by atoms with van der Waals surface area (Å²) >= 11 is 6.21. The summed E-state index contributed by atoms with van der Waals surface area (Å²) in [5.41, 5.74) is -0.287. The summed E-state index contributed by atoms with van der Waals surface area (Å²) < 4.78 is 33.4. The van der Waals surface area contributed by atoms with Gasteiger partial charge in [0.1, 0.15) is 22.9 Å². The molecule has 2 aromatic rings. The number of carbonyl (C=O) groups excluding carboxylic acids is 1. The van der Waals surface area contributed by atoms with E-state index in [1.807, 2.05) is 0 Å². The van der Waals surface area contributed by atoms with Gasteiger partial charge in [-0.1, -0.05) is 31.9 Å². The number of carbonyl (C=O) groups is 1. The highest BCUT2D eigenvalue weighted by Gasteiger charge is 2.18. The standard InChI is InChI=1S/C14H9Br2F2NO2/c1-21-10-3-7(15)2-9(6-10)19-14(20)13-11(17)4-8(16)5-12(13)18/h2-6H,1H3,(H,19,20). The number of rotatable bonds is 3. The lowest BCUT2D eigenvalue weighted by molar-refractivity contribution is 0.101. The first-order valence-electron chi connectivity index (χ1n) is 5.71. The van der Waals surface area contributed by atoms with Crippen molar-refractivity contribution in [1.29, 1.82) is 0 Å². The second kappa shape index (κ2) is 6.53. The fourth-order valence-electron chi connectivity index (χ4n) is 1.71. The Morgan fingerprint density at radius 3 is 2.19 bits per heavy atom. The summed E-state index contributed by atoms with van der Waals surface area (Å²) in [7, 11) is 1.47. The van der Waals surface area contributed by atoms with Crippen molar-refractivity contribution in [3.8, 4) is 5.75 Å². The normalized spacial score (nSPS) is 10.3. The van der Waals surface area contributed by atoms with Gasteiger partial charge in [-0.25, -0.2) is 8.78 Å². The van der Waals surface area contributed by atoms with Crippen LogP contribution in [-0.4, -0.2) is 13.0 Å². The Kier molecular flexibility index (Phi) is 4.95. The molecule has 110 valence electrons. The number of halogens is 4. The van der Waals surface area contributed by atoms with E-state index in [4.69, 9.17) is 4.74 Å². The molecule has 0 heterocycles. The van der Waals surface area contributed by atoms with Gasteiger partial charge in [0.25, 0.3) is 5.91 Å². The molecule has 0 aliphatic rings. The summed E-state index contributed by atoms with van der Waals surface area (Å²) in [5.74, 6) is -2.27. The number of anilines is 1. The number of benzene rings is 2. The fourth-order valence-corrected chi connectivity index (χ4v) is 2.58. The van der Waals surface area contributed by atoms with Crippen LogP contribution in [0.2, 0.25) is 0 Å². The van der Waals surface area contributed by atoms with Crippen LogP contribution in [0.4, 0.5) is 14.5 Å². The third kappa shape index (κ3) is 3.79. The monoisotopic (exact) mass is 419 g/mol. The van der Waals surface area contributed by atoms with Gasteiger partial charge in [0.15, 0.2) is 0 Å². The van der Waals surface area contributed by atoms with Gasteiger partial charge in [-0.3, -0.25) is 4.79 Å². The molecule has 0 aliphatic heterocycles. The molecule has 1 amide bonds. The van der Waals surface area contributed by atoms with Gasteiger partial charge in [0.05, 0.1) is 7.11 Å². The van der Waals surface area contributed by atoms with Gasteiger partial charge in [-0.15, -0.1) is 0 Å². The highest BCUT2D eigenvalue weighted by Crippen LogP contribution is 2.26. The Morgan fingerprint density at radius 1 is 1.05 bits per heavy atom. The number of nitrogens with one attached hydrogen (secondary N) is 1. The Balaban J connectivity index is 2.32. The molecule has 0 bridgehead atoms. The van der Waals surface area contributed by atoms with E-state index in [0.29, 0.717) is 15.9 Å². The zero-order valence-electron chi connectivity index (χ0n) is 10.7. The molecule has 21 heavy (non-hydrogen) atoms. The summed E-state index contributed by atoms with van der Waals surface area (Å²) in [6.45, 7) is 0. The van der Waals surface area contributed by atoms with E-state index in [9.17, 15) is 13.6 Å². The second-order valence-electron chi connectivity index (χ2n) is 4.08. The zero-order chi connectivity index (χ0) is 15.6. The molecule has 2 aromatic carbocycles. The van der Waals surface area contributed by atoms with Crippen molar-refractivity contribution >= 4 is 43.5 Å². The Bertz CT molecular complexity index is 684. The molecule has 0 radical (unpaired) electrons. The summed E-state index contributed by atoms with van der Waals surface area (Å²) in [6, 6.07) is 6.88. The van der Waals surface area contributed by atoms with E-state index in [0.717, 1.165) is 12.1 Å². The summed E-state index contributed by atoms with van der Waals surface area (Å²) in [4.78, 5) is 12.0. The van der Waals surface area contributed by atoms with Crippen molar-refractivity contribution < 1.29 is 18.3 Å². The third-order valence-corrected chi connectivity index (χ3v) is 3.51. The van der Waals surface area contributed by atoms with E-state index in [1.165, 1.54) is 13.2 Å². The number of hydrogen-bond donors (Lipinski definition) is 1. The molecule has 0 atom stereocenters. The van der Waals surface area contributed by atoms with Crippen molar-refractivity contribution in [2.45, 2.75) is 0 Å². The van der Waals surface area contributed by atoms with Crippen LogP contribution in [0.15, 0.2) is 39.3 Å². The van der Waals surface area contributed by atoms with Gasteiger partial charge in [0.2, 0.25) is 0 Å². The van der Waals surface area contributed by atoms with Gasteiger partial charge < -0.3 is 10.1 Å². The topological polar surface area (TPSA) is 38.3 Å². The minimum Gasteiger partial charge on any atom is -0.497 e. The molecular formula is C14H9Br2F2NO2. The van der Waals surface area contributed by atoms with Crippen LogP contribution < -0.4 is 10.1 Å². The minimum atomic E-state index is -0.943. The molecule has 1 N–H and O–H groups in total. The highest BCUT2D eigenvalue weighted by molar-refractivity contribution is 9.10. The van der Waals surface area contributed by atoms with Crippen LogP contribution in [0, 0.1) is 11.6 Å². The van der Waals surface area contributed by atoms with Crippen LogP contribution in [0.25, 0.3) is 0 Å². The van der Waals surface area contributed by atoms with Crippen molar-refractivity contribution in [3.63, 3.8) is 0 Å². The van der Waals surface area contributed by atoms with E-state index in [1.54, 1.807) is 12.1 Å². The van der Waals surface area contributed by atoms with Crippen molar-refractivity contribution in [1.82, 2.24) is 0 Å². The van der Waals surface area contributed by atoms with Crippen LogP contribution in [0.3, 0.4) is 0 Å². The van der Waals surface area contributed by atoms with Crippen LogP contribution >= 0.6 is 31.9 Å². The largest absolute Gasteiger partial charge is 0.497 e. The first-order valence-corrected chi connectivity index (χ1v) is 7.30. The molecule has 7 heteroatoms. The number of ether oxygens (including phenoxy) is 1. The maximum atomic E-state index is 13.7. The lowest BCUT2D eigenvalue weighted by Gasteiger charge is -2.09. The maximum Gasteiger partial charge on any atom is 0.261 e. The van der Waals surface area contributed by atoms with Gasteiger partial charge >= 0.3 is 0 Å². The fraction of sp³-hybridized carbons (Fsp3) is 0.0714. The predicted octanol–water partition coefficient (Wildman–Crippen LogP) is 4.75. The molecule has 0 unspecified atom stereocenters. The maximum absolute atomic E-state index is 13.7. The van der Waals surface area contributed by atoms with E-state index in [-0.39, 0.29) is 4.47 Å². The summed E-state index contributed by atoms with van der Waals surface area (Å²) in [6.07, 6.45) is 0. The quantitative estimate of drug-likeness (QED) is 0.777. The summed E-state index contributed by atoms with van der Waals surface area (Å²) in [5, 5.41) is 2.43. The first kappa shape index (κ1) is 15.9. The third-order valence-electron chi connectivity index (χ3n) is 2.60. The van der Waals surface area contributed by atoms with Gasteiger partial charge in [0, 0.05) is 20.7 Å². The first-order chi connectivity index (χ1) is 9.90. The average Bonchev–Trinajstić information content (AvgIpc) is 2.36. The highest BCUT2D eigenvalue weighted by atomic mass is 79.9. The number of hydrogen-bond acceptors (Lipinski definition) is 2. The van der Waals surface area contributed by atoms with Crippen molar-refractivity contribution in [2.75, 3.05) is 12.4 Å². The molecule has 0 aromatic heterocycles. The molecule has 3 nitrogen and oxygen atoms in total. The molecule has 0 aliphatic carbocycles. The Hall–Kier alpha value is -1.47. The van der Waals surface area contributed by atoms with E-state index >= 15 is 0 Å². The number of methoxy groups -OCH3 is 1. The van der Waals surface area contributed by atoms with Crippen molar-refractivity contribution in [3.05, 3.63) is 56.5 Å². The average molecular weight is 421 g/mol. The minimum absolute atomic E-state index is 0.221. The lowest BCUT2D eigenvalue weighted by Crippen LogP contribution is -2.16. The smallest absolute Gasteiger partial charge is 0.261 e. The zero-order valence-corrected chi connectivity index (χ0v) is 13.9. The second-order valence-corrected chi connectivity index (χ2v) is 5.91. The predicted molar refractivity (Wildman–Crippen MR) is 82.7 cm³/mol.